The van der Waals surface area contributed by atoms with Crippen LogP contribution in [-0.4, -0.2) is 82.7 Å². The maximum Gasteiger partial charge on any atom is 0.211 e. The van der Waals surface area contributed by atoms with Crippen molar-refractivity contribution in [2.45, 2.75) is 45.4 Å². The summed E-state index contributed by atoms with van der Waals surface area (Å²) in [6.07, 6.45) is 8.54. The molecule has 1 aliphatic heterocycles. The summed E-state index contributed by atoms with van der Waals surface area (Å²) in [7, 11) is -1.33. The molecule has 1 heterocycles. The van der Waals surface area contributed by atoms with Gasteiger partial charge >= 0.3 is 0 Å². The van der Waals surface area contributed by atoms with Crippen molar-refractivity contribution in [2.24, 2.45) is 4.99 Å². The van der Waals surface area contributed by atoms with Crippen LogP contribution in [0.25, 0.3) is 0 Å². The third-order valence-corrected chi connectivity index (χ3v) is 5.94. The van der Waals surface area contributed by atoms with Crippen molar-refractivity contribution >= 4 is 40.0 Å². The minimum absolute atomic E-state index is 0. The first kappa shape index (κ1) is 25.9. The highest BCUT2D eigenvalue weighted by Crippen LogP contribution is 2.09. The largest absolute Gasteiger partial charge is 0.356 e. The van der Waals surface area contributed by atoms with Crippen LogP contribution in [0.1, 0.15) is 45.4 Å². The first-order chi connectivity index (χ1) is 12.0. The molecule has 0 aromatic rings. The van der Waals surface area contributed by atoms with Gasteiger partial charge in [0.15, 0.2) is 5.96 Å². The summed E-state index contributed by atoms with van der Waals surface area (Å²) >= 11 is 0. The van der Waals surface area contributed by atoms with Gasteiger partial charge in [-0.15, -0.1) is 24.0 Å². The highest BCUT2D eigenvalue weighted by atomic mass is 127. The number of sulfonamides is 1. The average Bonchev–Trinajstić information content (AvgIpc) is 2.84. The van der Waals surface area contributed by atoms with E-state index < -0.39 is 10.0 Å². The summed E-state index contributed by atoms with van der Waals surface area (Å²) in [5.41, 5.74) is 0. The Morgan fingerprint density at radius 1 is 1.08 bits per heavy atom. The zero-order valence-corrected chi connectivity index (χ0v) is 19.8. The first-order valence-electron chi connectivity index (χ1n) is 9.59. The summed E-state index contributed by atoms with van der Waals surface area (Å²) in [6, 6.07) is 0. The van der Waals surface area contributed by atoms with Gasteiger partial charge in [-0.25, -0.2) is 12.7 Å². The molecule has 0 aromatic carbocycles. The molecular weight excluding hydrogens is 465 g/mol. The molecule has 0 spiro atoms. The van der Waals surface area contributed by atoms with E-state index in [4.69, 9.17) is 0 Å². The Hall–Kier alpha value is -0.130. The predicted octanol–water partition coefficient (Wildman–Crippen LogP) is 1.71. The molecule has 1 aliphatic rings. The highest BCUT2D eigenvalue weighted by Gasteiger charge is 2.13. The zero-order valence-electron chi connectivity index (χ0n) is 16.7. The highest BCUT2D eigenvalue weighted by molar-refractivity contribution is 14.0. The molecule has 1 saturated heterocycles. The van der Waals surface area contributed by atoms with E-state index in [0.29, 0.717) is 19.6 Å². The fraction of sp³-hybridized carbons (Fsp3) is 0.941. The van der Waals surface area contributed by atoms with Crippen molar-refractivity contribution in [2.75, 3.05) is 59.1 Å². The summed E-state index contributed by atoms with van der Waals surface area (Å²) < 4.78 is 24.6. The van der Waals surface area contributed by atoms with E-state index in [0.717, 1.165) is 31.9 Å². The summed E-state index contributed by atoms with van der Waals surface area (Å²) in [5.74, 6) is 0.790. The van der Waals surface area contributed by atoms with Crippen LogP contribution in [0.2, 0.25) is 0 Å². The number of rotatable bonds is 10. The first-order valence-corrected chi connectivity index (χ1v) is 11.4. The van der Waals surface area contributed by atoms with Crippen molar-refractivity contribution in [3.8, 4) is 0 Å². The molecule has 0 unspecified atom stereocenters. The Balaban J connectivity index is 0.00000625. The quantitative estimate of drug-likeness (QED) is 0.206. The predicted molar refractivity (Wildman–Crippen MR) is 121 cm³/mol. The number of halogens is 1. The Morgan fingerprint density at radius 2 is 1.65 bits per heavy atom. The zero-order chi connectivity index (χ0) is 18.5. The number of hydrogen-bond donors (Lipinski definition) is 2. The molecule has 0 atom stereocenters. The summed E-state index contributed by atoms with van der Waals surface area (Å²) in [6.45, 7) is 8.14. The van der Waals surface area contributed by atoms with Crippen LogP contribution >= 0.6 is 24.0 Å². The fourth-order valence-corrected chi connectivity index (χ4v) is 4.04. The second-order valence-electron chi connectivity index (χ2n) is 6.64. The average molecular weight is 503 g/mol. The van der Waals surface area contributed by atoms with Crippen LogP contribution in [0.5, 0.6) is 0 Å². The van der Waals surface area contributed by atoms with Crippen molar-refractivity contribution < 1.29 is 8.42 Å². The van der Waals surface area contributed by atoms with Gasteiger partial charge in [0.1, 0.15) is 0 Å². The van der Waals surface area contributed by atoms with Gasteiger partial charge in [0.25, 0.3) is 0 Å². The second kappa shape index (κ2) is 14.9. The molecular formula is C17H38IN5O2S. The van der Waals surface area contributed by atoms with Gasteiger partial charge in [0.05, 0.1) is 6.26 Å². The molecule has 26 heavy (non-hydrogen) atoms. The molecule has 156 valence electrons. The minimum atomic E-state index is -3.10. The van der Waals surface area contributed by atoms with E-state index in [1.54, 1.807) is 7.05 Å². The normalized spacial score (nSPS) is 16.8. The molecule has 0 saturated carbocycles. The minimum Gasteiger partial charge on any atom is -0.356 e. The lowest BCUT2D eigenvalue weighted by Crippen LogP contribution is -2.40. The van der Waals surface area contributed by atoms with E-state index >= 15 is 0 Å². The second-order valence-corrected chi connectivity index (χ2v) is 8.63. The molecule has 7 nitrogen and oxygen atoms in total. The fourth-order valence-electron chi connectivity index (χ4n) is 3.11. The third-order valence-electron chi connectivity index (χ3n) is 4.56. The topological polar surface area (TPSA) is 77.0 Å². The van der Waals surface area contributed by atoms with Gasteiger partial charge in [0, 0.05) is 33.2 Å². The van der Waals surface area contributed by atoms with Crippen molar-refractivity contribution in [1.82, 2.24) is 19.8 Å². The van der Waals surface area contributed by atoms with Crippen LogP contribution in [-0.2, 0) is 10.0 Å². The number of aliphatic imine (C=N–C) groups is 1. The SMILES string of the molecule is CCN(CCCNC(=NC)NCCCN1CCCCCC1)S(C)(=O)=O.I. The van der Waals surface area contributed by atoms with Crippen molar-refractivity contribution in [1.29, 1.82) is 0 Å². The maximum atomic E-state index is 11.5. The molecule has 0 radical (unpaired) electrons. The smallest absolute Gasteiger partial charge is 0.211 e. The molecule has 0 bridgehead atoms. The van der Waals surface area contributed by atoms with Gasteiger partial charge in [0.2, 0.25) is 10.0 Å². The standard InChI is InChI=1S/C17H37N5O2S.HI/c1-4-22(25(3,23)24)16-10-12-20-17(18-2)19-11-9-15-21-13-7-5-6-8-14-21;/h4-16H2,1-3H3,(H2,18,19,20);1H. The van der Waals surface area contributed by atoms with Crippen molar-refractivity contribution in [3.05, 3.63) is 0 Å². The number of nitrogens with one attached hydrogen (secondary N) is 2. The van der Waals surface area contributed by atoms with Crippen LogP contribution in [0.4, 0.5) is 0 Å². The third kappa shape index (κ3) is 11.6. The van der Waals surface area contributed by atoms with Crippen LogP contribution in [0.15, 0.2) is 4.99 Å². The lowest BCUT2D eigenvalue weighted by Gasteiger charge is -2.20. The van der Waals surface area contributed by atoms with E-state index in [2.05, 4.69) is 20.5 Å². The summed E-state index contributed by atoms with van der Waals surface area (Å²) in [4.78, 5) is 6.79. The maximum absolute atomic E-state index is 11.5. The van der Waals surface area contributed by atoms with E-state index in [9.17, 15) is 8.42 Å². The molecule has 1 rings (SSSR count). The number of likely N-dealkylation sites (tertiary alicyclic amines) is 1. The van der Waals surface area contributed by atoms with Crippen LogP contribution < -0.4 is 10.6 Å². The van der Waals surface area contributed by atoms with E-state index in [1.807, 2.05) is 6.92 Å². The van der Waals surface area contributed by atoms with Crippen LogP contribution in [0, 0.1) is 0 Å². The van der Waals surface area contributed by atoms with Crippen molar-refractivity contribution in [3.63, 3.8) is 0 Å². The summed E-state index contributed by atoms with van der Waals surface area (Å²) in [5, 5.41) is 6.59. The van der Waals surface area contributed by atoms with E-state index in [1.165, 1.54) is 49.3 Å². The lowest BCUT2D eigenvalue weighted by molar-refractivity contribution is 0.282. The van der Waals surface area contributed by atoms with Gasteiger partial charge in [-0.2, -0.15) is 0 Å². The number of guanidine groups is 1. The molecule has 1 fully saturated rings. The van der Waals surface area contributed by atoms with Crippen LogP contribution in [0.3, 0.4) is 0 Å². The van der Waals surface area contributed by atoms with E-state index in [-0.39, 0.29) is 24.0 Å². The Labute approximate surface area is 177 Å². The van der Waals surface area contributed by atoms with Gasteiger partial charge < -0.3 is 15.5 Å². The molecule has 2 N–H and O–H groups in total. The lowest BCUT2D eigenvalue weighted by atomic mass is 10.2. The van der Waals surface area contributed by atoms with Gasteiger partial charge in [-0.05, 0) is 45.3 Å². The molecule has 9 heteroatoms. The van der Waals surface area contributed by atoms with Gasteiger partial charge in [-0.3, -0.25) is 4.99 Å². The number of hydrogen-bond acceptors (Lipinski definition) is 4. The Kier molecular flexibility index (Phi) is 14.8. The monoisotopic (exact) mass is 503 g/mol. The molecule has 0 aromatic heterocycles. The molecule has 0 amide bonds. The Bertz CT molecular complexity index is 480. The van der Waals surface area contributed by atoms with Gasteiger partial charge in [-0.1, -0.05) is 19.8 Å². The Morgan fingerprint density at radius 3 is 2.15 bits per heavy atom. The molecule has 0 aliphatic carbocycles. The number of nitrogens with zero attached hydrogens (tertiary/aromatic N) is 3.